The molecule has 47 heavy (non-hydrogen) atoms. The number of rotatable bonds is 12. The molecule has 1 aliphatic rings. The Hall–Kier alpha value is -4.63. The summed E-state index contributed by atoms with van der Waals surface area (Å²) in [5.74, 6) is -2.39. The molecular formula is C32H33F3N2O9S. The Balaban J connectivity index is 1.47. The number of amides is 1. The molecule has 0 saturated carbocycles. The Morgan fingerprint density at radius 2 is 1.57 bits per heavy atom. The van der Waals surface area contributed by atoms with Crippen molar-refractivity contribution in [1.29, 1.82) is 0 Å². The molecule has 1 saturated heterocycles. The van der Waals surface area contributed by atoms with Gasteiger partial charge >= 0.3 is 24.2 Å². The van der Waals surface area contributed by atoms with E-state index in [4.69, 9.17) is 14.2 Å². The van der Waals surface area contributed by atoms with Gasteiger partial charge in [0.1, 0.15) is 11.8 Å². The molecule has 1 fully saturated rings. The lowest BCUT2D eigenvalue weighted by atomic mass is 9.87. The van der Waals surface area contributed by atoms with Crippen molar-refractivity contribution in [3.8, 4) is 5.75 Å². The summed E-state index contributed by atoms with van der Waals surface area (Å²) in [4.78, 5) is 35.8. The van der Waals surface area contributed by atoms with E-state index in [2.05, 4.69) is 5.32 Å². The number of esters is 1. The lowest BCUT2D eigenvalue weighted by Crippen LogP contribution is -2.64. The van der Waals surface area contributed by atoms with Gasteiger partial charge in [0.15, 0.2) is 5.60 Å². The highest BCUT2D eigenvalue weighted by molar-refractivity contribution is 7.89. The Morgan fingerprint density at radius 3 is 2.15 bits per heavy atom. The number of nitrogens with one attached hydrogen (secondary N) is 1. The molecule has 0 aliphatic carbocycles. The molecule has 4 rings (SSSR count). The molecule has 3 aromatic rings. The maximum atomic E-state index is 13.6. The van der Waals surface area contributed by atoms with Crippen LogP contribution in [0.4, 0.5) is 18.0 Å². The summed E-state index contributed by atoms with van der Waals surface area (Å²) in [7, 11) is -4.14. The van der Waals surface area contributed by atoms with Crippen molar-refractivity contribution in [3.63, 3.8) is 0 Å². The summed E-state index contributed by atoms with van der Waals surface area (Å²) in [6.45, 7) is 4.15. The first-order chi connectivity index (χ1) is 22.0. The van der Waals surface area contributed by atoms with Crippen molar-refractivity contribution in [1.82, 2.24) is 9.62 Å². The van der Waals surface area contributed by atoms with E-state index >= 15 is 0 Å². The zero-order chi connectivity index (χ0) is 34.6. The van der Waals surface area contributed by atoms with Gasteiger partial charge in [-0.3, -0.25) is 4.79 Å². The third-order valence-corrected chi connectivity index (χ3v) is 9.04. The summed E-state index contributed by atoms with van der Waals surface area (Å²) >= 11 is 0. The highest BCUT2D eigenvalue weighted by Crippen LogP contribution is 2.40. The van der Waals surface area contributed by atoms with Crippen LogP contribution in [-0.2, 0) is 47.3 Å². The van der Waals surface area contributed by atoms with E-state index in [0.29, 0.717) is 5.56 Å². The third kappa shape index (κ3) is 8.60. The van der Waals surface area contributed by atoms with Crippen LogP contribution in [0.15, 0.2) is 83.8 Å². The van der Waals surface area contributed by atoms with Crippen LogP contribution in [0, 0.1) is 5.92 Å². The first-order valence-corrected chi connectivity index (χ1v) is 15.9. The number of carboxylic acid groups (broad SMARTS) is 1. The normalized spacial score (nSPS) is 16.0. The molecular weight excluding hydrogens is 645 g/mol. The van der Waals surface area contributed by atoms with Gasteiger partial charge in [-0.25, -0.2) is 18.0 Å². The first kappa shape index (κ1) is 35.2. The number of alkyl halides is 3. The molecule has 15 heteroatoms. The molecule has 0 bridgehead atoms. The zero-order valence-corrected chi connectivity index (χ0v) is 26.4. The second-order valence-electron chi connectivity index (χ2n) is 11.2. The Labute approximate surface area is 269 Å². The maximum Gasteiger partial charge on any atom is 0.416 e. The lowest BCUT2D eigenvalue weighted by Gasteiger charge is -2.48. The van der Waals surface area contributed by atoms with E-state index in [1.54, 1.807) is 44.2 Å². The molecule has 1 heterocycles. The number of alkyl carbamates (subject to hydrolysis) is 1. The topological polar surface area (TPSA) is 149 Å². The predicted octanol–water partition coefficient (Wildman–Crippen LogP) is 4.95. The zero-order valence-electron chi connectivity index (χ0n) is 25.6. The highest BCUT2D eigenvalue weighted by atomic mass is 32.2. The molecule has 0 spiro atoms. The number of sulfonamides is 1. The van der Waals surface area contributed by atoms with Crippen molar-refractivity contribution in [3.05, 3.63) is 95.6 Å². The van der Waals surface area contributed by atoms with E-state index in [0.717, 1.165) is 16.4 Å². The standard InChI is InChI=1S/C32H33F3N2O9S/c1-20(2)29(40)44-21(3)45-30(41)36-27(28(38)39)17-22-8-7-11-26(16-22)47(42,43)37-18-31(19-37,23-9-5-4-6-10-23)46-25-14-12-24(13-15-25)32(33,34)35/h4-16,20-21,27H,17-19H2,1-3H3,(H,36,41)(H,38,39). The number of carbonyl (C=O) groups is 3. The van der Waals surface area contributed by atoms with Gasteiger partial charge in [0, 0.05) is 13.3 Å². The van der Waals surface area contributed by atoms with Crippen LogP contribution < -0.4 is 10.1 Å². The first-order valence-electron chi connectivity index (χ1n) is 14.4. The average molecular weight is 679 g/mol. The number of carbonyl (C=O) groups excluding carboxylic acids is 2. The fraction of sp³-hybridized carbons (Fsp3) is 0.344. The minimum Gasteiger partial charge on any atom is -0.480 e. The van der Waals surface area contributed by atoms with E-state index < -0.39 is 63.6 Å². The van der Waals surface area contributed by atoms with Crippen molar-refractivity contribution < 1.29 is 55.3 Å². The van der Waals surface area contributed by atoms with Crippen LogP contribution in [0.3, 0.4) is 0 Å². The molecule has 252 valence electrons. The number of aliphatic carboxylic acids is 1. The van der Waals surface area contributed by atoms with Crippen LogP contribution in [-0.4, -0.2) is 61.3 Å². The van der Waals surface area contributed by atoms with Gasteiger partial charge in [-0.2, -0.15) is 17.5 Å². The van der Waals surface area contributed by atoms with Crippen LogP contribution in [0.5, 0.6) is 5.75 Å². The number of benzene rings is 3. The summed E-state index contributed by atoms with van der Waals surface area (Å²) in [6.07, 6.45) is -7.27. The van der Waals surface area contributed by atoms with Crippen LogP contribution in [0.25, 0.3) is 0 Å². The number of hydrogen-bond acceptors (Lipinski definition) is 8. The van der Waals surface area contributed by atoms with E-state index in [1.165, 1.54) is 43.3 Å². The molecule has 1 amide bonds. The Morgan fingerprint density at radius 1 is 0.936 bits per heavy atom. The van der Waals surface area contributed by atoms with E-state index in [9.17, 15) is 41.1 Å². The van der Waals surface area contributed by atoms with Crippen LogP contribution >= 0.6 is 0 Å². The van der Waals surface area contributed by atoms with Crippen LogP contribution in [0.2, 0.25) is 0 Å². The smallest absolute Gasteiger partial charge is 0.416 e. The van der Waals surface area contributed by atoms with Crippen molar-refractivity contribution in [2.24, 2.45) is 5.92 Å². The number of halogens is 3. The van der Waals surface area contributed by atoms with Gasteiger partial charge < -0.3 is 24.6 Å². The van der Waals surface area contributed by atoms with Crippen molar-refractivity contribution in [2.75, 3.05) is 13.1 Å². The van der Waals surface area contributed by atoms with E-state index in [-0.39, 0.29) is 35.7 Å². The molecule has 0 aromatic heterocycles. The minimum atomic E-state index is -4.53. The maximum absolute atomic E-state index is 13.6. The van der Waals surface area contributed by atoms with Crippen molar-refractivity contribution >= 4 is 28.1 Å². The summed E-state index contributed by atoms with van der Waals surface area (Å²) in [5, 5.41) is 11.9. The Bertz CT molecular complexity index is 1690. The van der Waals surface area contributed by atoms with Gasteiger partial charge in [0.25, 0.3) is 0 Å². The Kier molecular flexibility index (Phi) is 10.5. The largest absolute Gasteiger partial charge is 0.480 e. The third-order valence-electron chi connectivity index (χ3n) is 7.25. The lowest BCUT2D eigenvalue weighted by molar-refractivity contribution is -0.169. The number of ether oxygens (including phenoxy) is 3. The molecule has 3 aromatic carbocycles. The monoisotopic (exact) mass is 678 g/mol. The molecule has 1 aliphatic heterocycles. The number of carboxylic acids is 1. The second-order valence-corrected chi connectivity index (χ2v) is 13.1. The van der Waals surface area contributed by atoms with Crippen LogP contribution in [0.1, 0.15) is 37.5 Å². The second kappa shape index (κ2) is 14.0. The van der Waals surface area contributed by atoms with Gasteiger partial charge in [0.2, 0.25) is 16.3 Å². The van der Waals surface area contributed by atoms with E-state index in [1.807, 2.05) is 0 Å². The quantitative estimate of drug-likeness (QED) is 0.201. The molecule has 2 unspecified atom stereocenters. The average Bonchev–Trinajstić information content (AvgIpc) is 2.98. The summed E-state index contributed by atoms with van der Waals surface area (Å²) in [5.41, 5.74) is -1.15. The SMILES string of the molecule is CC(OC(=O)NC(Cc1cccc(S(=O)(=O)N2CC(Oc3ccc(C(F)(F)F)cc3)(c3ccccc3)C2)c1)C(=O)O)OC(=O)C(C)C. The minimum absolute atomic E-state index is 0.124. The fourth-order valence-corrected chi connectivity index (χ4v) is 6.35. The molecule has 0 radical (unpaired) electrons. The highest BCUT2D eigenvalue weighted by Gasteiger charge is 2.52. The fourth-order valence-electron chi connectivity index (χ4n) is 4.75. The van der Waals surface area contributed by atoms with Gasteiger partial charge in [-0.05, 0) is 47.5 Å². The predicted molar refractivity (Wildman–Crippen MR) is 161 cm³/mol. The van der Waals surface area contributed by atoms with Gasteiger partial charge in [-0.15, -0.1) is 0 Å². The summed E-state index contributed by atoms with van der Waals surface area (Å²) in [6, 6.07) is 16.8. The summed E-state index contributed by atoms with van der Waals surface area (Å²) < 4.78 is 83.6. The molecule has 2 atom stereocenters. The van der Waals surface area contributed by atoms with Gasteiger partial charge in [-0.1, -0.05) is 56.3 Å². The number of hydrogen-bond donors (Lipinski definition) is 2. The molecule has 2 N–H and O–H groups in total. The van der Waals surface area contributed by atoms with Gasteiger partial charge in [0.05, 0.1) is 29.5 Å². The van der Waals surface area contributed by atoms with Crippen molar-refractivity contribution in [2.45, 2.75) is 56.2 Å². The number of nitrogens with zero attached hydrogens (tertiary/aromatic N) is 1. The molecule has 11 nitrogen and oxygen atoms in total.